The lowest BCUT2D eigenvalue weighted by Gasteiger charge is -2.08. The lowest BCUT2D eigenvalue weighted by atomic mass is 10.2. The van der Waals surface area contributed by atoms with Gasteiger partial charge in [-0.1, -0.05) is 18.6 Å². The first-order valence-electron chi connectivity index (χ1n) is 8.11. The molecule has 0 radical (unpaired) electrons. The molecule has 4 nitrogen and oxygen atoms in total. The number of fused-ring (bicyclic) bond motifs is 1. The number of hydrogen-bond donors (Lipinski definition) is 1. The van der Waals surface area contributed by atoms with Gasteiger partial charge in [0.1, 0.15) is 11.6 Å². The Balaban J connectivity index is 0.00000192. The normalized spacial score (nSPS) is 14.0. The molecule has 0 spiro atoms. The Morgan fingerprint density at radius 2 is 1.96 bits per heavy atom. The number of nitrogens with one attached hydrogen (secondary N) is 1. The van der Waals surface area contributed by atoms with Crippen molar-refractivity contribution in [1.29, 1.82) is 0 Å². The highest BCUT2D eigenvalue weighted by atomic mass is 35.5. The number of benzene rings is 1. The number of aromatic nitrogens is 3. The van der Waals surface area contributed by atoms with Crippen molar-refractivity contribution in [2.24, 2.45) is 0 Å². The molecule has 0 aliphatic carbocycles. The molecule has 23 heavy (non-hydrogen) atoms. The standard InChI is InChI=1S/C17H24N4S.ClH/c1-22-15-8-6-14(7-9-15)13-18-11-10-17-20-19-16-5-3-2-4-12-21(16)17;/h6-9,18H,2-5,10-13H2,1H3;1H. The lowest BCUT2D eigenvalue weighted by Crippen LogP contribution is -2.19. The fourth-order valence-electron chi connectivity index (χ4n) is 2.91. The van der Waals surface area contributed by atoms with Gasteiger partial charge in [0.2, 0.25) is 0 Å². The van der Waals surface area contributed by atoms with E-state index < -0.39 is 0 Å². The Bertz CT molecular complexity index is 597. The van der Waals surface area contributed by atoms with Crippen LogP contribution in [0.1, 0.15) is 36.5 Å². The molecular formula is C17H25ClN4S. The molecule has 126 valence electrons. The van der Waals surface area contributed by atoms with Crippen molar-refractivity contribution < 1.29 is 0 Å². The summed E-state index contributed by atoms with van der Waals surface area (Å²) in [5.41, 5.74) is 1.33. The Labute approximate surface area is 148 Å². The molecule has 1 N–H and O–H groups in total. The Morgan fingerprint density at radius 1 is 1.13 bits per heavy atom. The van der Waals surface area contributed by atoms with E-state index in [2.05, 4.69) is 50.6 Å². The van der Waals surface area contributed by atoms with Gasteiger partial charge in [0.15, 0.2) is 0 Å². The number of nitrogens with zero attached hydrogens (tertiary/aromatic N) is 3. The second-order valence-electron chi connectivity index (χ2n) is 5.77. The Morgan fingerprint density at radius 3 is 2.74 bits per heavy atom. The molecule has 1 aromatic carbocycles. The van der Waals surface area contributed by atoms with Crippen molar-refractivity contribution in [2.75, 3.05) is 12.8 Å². The van der Waals surface area contributed by atoms with Crippen LogP contribution in [-0.2, 0) is 25.9 Å². The average molecular weight is 353 g/mol. The second kappa shape index (κ2) is 9.30. The Kier molecular flexibility index (Phi) is 7.40. The van der Waals surface area contributed by atoms with E-state index in [0.717, 1.165) is 38.3 Å². The first kappa shape index (κ1) is 18.3. The van der Waals surface area contributed by atoms with Crippen molar-refractivity contribution in [2.45, 2.75) is 50.1 Å². The van der Waals surface area contributed by atoms with Crippen LogP contribution in [0, 0.1) is 0 Å². The molecule has 2 aromatic rings. The summed E-state index contributed by atoms with van der Waals surface area (Å²) in [5, 5.41) is 12.2. The molecule has 6 heteroatoms. The van der Waals surface area contributed by atoms with Gasteiger partial charge in [-0.3, -0.25) is 0 Å². The molecule has 0 amide bonds. The molecule has 0 atom stereocenters. The van der Waals surface area contributed by atoms with Crippen LogP contribution < -0.4 is 5.32 Å². The smallest absolute Gasteiger partial charge is 0.134 e. The summed E-state index contributed by atoms with van der Waals surface area (Å²) in [4.78, 5) is 1.31. The predicted octanol–water partition coefficient (Wildman–Crippen LogP) is 3.48. The molecule has 2 heterocycles. The van der Waals surface area contributed by atoms with Crippen LogP contribution in [0.4, 0.5) is 0 Å². The van der Waals surface area contributed by atoms with E-state index in [-0.39, 0.29) is 12.4 Å². The van der Waals surface area contributed by atoms with Crippen molar-refractivity contribution in [3.8, 4) is 0 Å². The minimum absolute atomic E-state index is 0. The fourth-order valence-corrected chi connectivity index (χ4v) is 3.31. The monoisotopic (exact) mass is 352 g/mol. The van der Waals surface area contributed by atoms with Gasteiger partial charge >= 0.3 is 0 Å². The third kappa shape index (κ3) is 4.96. The van der Waals surface area contributed by atoms with Crippen molar-refractivity contribution >= 4 is 24.2 Å². The summed E-state index contributed by atoms with van der Waals surface area (Å²) in [7, 11) is 0. The molecule has 1 aliphatic heterocycles. The molecule has 1 aliphatic rings. The van der Waals surface area contributed by atoms with Gasteiger partial charge in [0.25, 0.3) is 0 Å². The third-order valence-electron chi connectivity index (χ3n) is 4.20. The van der Waals surface area contributed by atoms with E-state index in [1.54, 1.807) is 11.8 Å². The van der Waals surface area contributed by atoms with Gasteiger partial charge in [0, 0.05) is 37.4 Å². The zero-order chi connectivity index (χ0) is 15.2. The largest absolute Gasteiger partial charge is 0.315 e. The number of halogens is 1. The highest BCUT2D eigenvalue weighted by Crippen LogP contribution is 2.15. The summed E-state index contributed by atoms with van der Waals surface area (Å²) in [5.74, 6) is 2.32. The maximum absolute atomic E-state index is 4.38. The second-order valence-corrected chi connectivity index (χ2v) is 6.65. The zero-order valence-corrected chi connectivity index (χ0v) is 15.3. The van der Waals surface area contributed by atoms with Crippen molar-refractivity contribution in [1.82, 2.24) is 20.1 Å². The molecule has 1 aromatic heterocycles. The van der Waals surface area contributed by atoms with Gasteiger partial charge < -0.3 is 9.88 Å². The van der Waals surface area contributed by atoms with E-state index in [1.165, 1.54) is 35.5 Å². The summed E-state index contributed by atoms with van der Waals surface area (Å²) >= 11 is 1.78. The number of rotatable bonds is 6. The predicted molar refractivity (Wildman–Crippen MR) is 98.5 cm³/mol. The van der Waals surface area contributed by atoms with Crippen LogP contribution in [-0.4, -0.2) is 27.6 Å². The summed E-state index contributed by atoms with van der Waals surface area (Å²) in [6.45, 7) is 2.95. The van der Waals surface area contributed by atoms with Gasteiger partial charge in [-0.05, 0) is 36.8 Å². The third-order valence-corrected chi connectivity index (χ3v) is 4.94. The van der Waals surface area contributed by atoms with Gasteiger partial charge in [-0.15, -0.1) is 34.4 Å². The highest BCUT2D eigenvalue weighted by molar-refractivity contribution is 7.98. The van der Waals surface area contributed by atoms with E-state index in [4.69, 9.17) is 0 Å². The molecule has 3 rings (SSSR count). The van der Waals surface area contributed by atoms with E-state index in [9.17, 15) is 0 Å². The van der Waals surface area contributed by atoms with Gasteiger partial charge in [0.05, 0.1) is 0 Å². The van der Waals surface area contributed by atoms with Crippen LogP contribution in [0.25, 0.3) is 0 Å². The van der Waals surface area contributed by atoms with Crippen LogP contribution in [0.2, 0.25) is 0 Å². The van der Waals surface area contributed by atoms with Crippen molar-refractivity contribution in [3.05, 3.63) is 41.5 Å². The summed E-state index contributed by atoms with van der Waals surface area (Å²) < 4.78 is 2.34. The summed E-state index contributed by atoms with van der Waals surface area (Å²) in [6, 6.07) is 8.75. The minimum atomic E-state index is 0. The minimum Gasteiger partial charge on any atom is -0.315 e. The maximum Gasteiger partial charge on any atom is 0.134 e. The molecular weight excluding hydrogens is 328 g/mol. The quantitative estimate of drug-likeness (QED) is 0.638. The first-order chi connectivity index (χ1) is 10.9. The zero-order valence-electron chi connectivity index (χ0n) is 13.6. The molecule has 0 bridgehead atoms. The summed E-state index contributed by atoms with van der Waals surface area (Å²) in [6.07, 6.45) is 7.97. The highest BCUT2D eigenvalue weighted by Gasteiger charge is 2.13. The molecule has 0 saturated carbocycles. The maximum atomic E-state index is 4.38. The van der Waals surface area contributed by atoms with E-state index in [1.807, 2.05) is 0 Å². The topological polar surface area (TPSA) is 42.7 Å². The molecule has 0 saturated heterocycles. The van der Waals surface area contributed by atoms with Gasteiger partial charge in [-0.25, -0.2) is 0 Å². The van der Waals surface area contributed by atoms with Crippen LogP contribution in [0.3, 0.4) is 0 Å². The number of aryl methyl sites for hydroxylation is 1. The van der Waals surface area contributed by atoms with Crippen LogP contribution in [0.5, 0.6) is 0 Å². The number of hydrogen-bond acceptors (Lipinski definition) is 4. The van der Waals surface area contributed by atoms with Crippen LogP contribution in [0.15, 0.2) is 29.2 Å². The van der Waals surface area contributed by atoms with Gasteiger partial charge in [-0.2, -0.15) is 0 Å². The van der Waals surface area contributed by atoms with E-state index in [0.29, 0.717) is 0 Å². The first-order valence-corrected chi connectivity index (χ1v) is 9.34. The Hall–Kier alpha value is -1.04. The average Bonchev–Trinajstić information content (AvgIpc) is 2.79. The number of thioether (sulfide) groups is 1. The SMILES string of the molecule is CSc1ccc(CNCCc2nnc3n2CCCCC3)cc1.Cl. The molecule has 0 unspecified atom stereocenters. The fraction of sp³-hybridized carbons (Fsp3) is 0.529. The van der Waals surface area contributed by atoms with E-state index >= 15 is 0 Å². The molecule has 0 fully saturated rings. The van der Waals surface area contributed by atoms with Crippen LogP contribution >= 0.6 is 24.2 Å². The van der Waals surface area contributed by atoms with Crippen molar-refractivity contribution in [3.63, 3.8) is 0 Å². The lowest BCUT2D eigenvalue weighted by molar-refractivity contribution is 0.587.